The molecule has 1 heterocycles. The summed E-state index contributed by atoms with van der Waals surface area (Å²) in [5.41, 5.74) is 0.378. The van der Waals surface area contributed by atoms with Crippen molar-refractivity contribution >= 4 is 33.4 Å². The van der Waals surface area contributed by atoms with Crippen molar-refractivity contribution in [1.29, 1.82) is 0 Å². The smallest absolute Gasteiger partial charge is 0.238 e. The molecule has 5 heteroatoms. The molecular formula is C12H10BrNO3. The molecule has 88 valence electrons. The highest BCUT2D eigenvalue weighted by Crippen LogP contribution is 2.17. The Labute approximate surface area is 107 Å². The molecule has 0 saturated carbocycles. The summed E-state index contributed by atoms with van der Waals surface area (Å²) in [6.45, 7) is 0.321. The van der Waals surface area contributed by atoms with Crippen LogP contribution in [0.5, 0.6) is 0 Å². The summed E-state index contributed by atoms with van der Waals surface area (Å²) in [5.74, 6) is -2.40. The molecule has 1 amide bonds. The fourth-order valence-corrected chi connectivity index (χ4v) is 2.01. The maximum absolute atomic E-state index is 12.0. The Balaban J connectivity index is 2.27. The van der Waals surface area contributed by atoms with Crippen LogP contribution < -0.4 is 5.32 Å². The normalized spacial score (nSPS) is 19.9. The van der Waals surface area contributed by atoms with Gasteiger partial charge in [-0.15, -0.1) is 0 Å². The van der Waals surface area contributed by atoms with Crippen LogP contribution in [0.25, 0.3) is 0 Å². The molecule has 1 N–H and O–H groups in total. The van der Waals surface area contributed by atoms with Crippen molar-refractivity contribution in [2.45, 2.75) is 6.42 Å². The number of nitrogens with one attached hydrogen (secondary N) is 1. The number of hydrogen-bond donors (Lipinski definition) is 1. The topological polar surface area (TPSA) is 63.2 Å². The quantitative estimate of drug-likeness (QED) is 0.661. The summed E-state index contributed by atoms with van der Waals surface area (Å²) in [5, 5.41) is 2.53. The van der Waals surface area contributed by atoms with E-state index in [0.29, 0.717) is 12.1 Å². The van der Waals surface area contributed by atoms with Gasteiger partial charge in [0.2, 0.25) is 5.91 Å². The highest BCUT2D eigenvalue weighted by atomic mass is 79.9. The van der Waals surface area contributed by atoms with Gasteiger partial charge in [0.1, 0.15) is 0 Å². The molecule has 1 fully saturated rings. The zero-order valence-electron chi connectivity index (χ0n) is 8.90. The summed E-state index contributed by atoms with van der Waals surface area (Å²) in [7, 11) is 0. The largest absolute Gasteiger partial charge is 0.355 e. The van der Waals surface area contributed by atoms with Gasteiger partial charge in [-0.2, -0.15) is 0 Å². The number of hydrogen-bond acceptors (Lipinski definition) is 3. The number of piperidine rings is 1. The lowest BCUT2D eigenvalue weighted by Crippen LogP contribution is -2.46. The Kier molecular flexibility index (Phi) is 3.38. The van der Waals surface area contributed by atoms with E-state index in [0.717, 1.165) is 4.47 Å². The first-order valence-corrected chi connectivity index (χ1v) is 5.99. The molecule has 1 saturated heterocycles. The van der Waals surface area contributed by atoms with Gasteiger partial charge >= 0.3 is 0 Å². The van der Waals surface area contributed by atoms with Crippen molar-refractivity contribution in [3.63, 3.8) is 0 Å². The number of carbonyl (C=O) groups is 3. The Morgan fingerprint density at radius 1 is 1.24 bits per heavy atom. The molecule has 4 nitrogen and oxygen atoms in total. The minimum Gasteiger partial charge on any atom is -0.355 e. The van der Waals surface area contributed by atoms with Crippen molar-refractivity contribution in [1.82, 2.24) is 5.32 Å². The molecule has 1 aromatic rings. The van der Waals surface area contributed by atoms with E-state index in [1.165, 1.54) is 0 Å². The Hall–Kier alpha value is -1.49. The molecule has 1 aliphatic rings. The molecule has 17 heavy (non-hydrogen) atoms. The summed E-state index contributed by atoms with van der Waals surface area (Å²) in [6.07, 6.45) is 0.221. The average Bonchev–Trinajstić information content (AvgIpc) is 2.29. The van der Waals surface area contributed by atoms with Gasteiger partial charge in [-0.05, 0) is 12.1 Å². The molecular weight excluding hydrogens is 286 g/mol. The number of amides is 1. The van der Waals surface area contributed by atoms with Crippen LogP contribution in [0.2, 0.25) is 0 Å². The summed E-state index contributed by atoms with van der Waals surface area (Å²) in [4.78, 5) is 35.2. The minimum absolute atomic E-state index is 0.221. The number of Topliss-reactive ketones (excluding diaryl/α,β-unsaturated/α-hetero) is 2. The molecule has 1 aromatic carbocycles. The third kappa shape index (κ3) is 2.44. The lowest BCUT2D eigenvalue weighted by molar-refractivity contribution is -0.134. The molecule has 1 aliphatic heterocycles. The van der Waals surface area contributed by atoms with Crippen LogP contribution in [0.15, 0.2) is 28.7 Å². The van der Waals surface area contributed by atoms with Crippen molar-refractivity contribution in [3.05, 3.63) is 34.3 Å². The van der Waals surface area contributed by atoms with Crippen LogP contribution in [0.3, 0.4) is 0 Å². The first-order chi connectivity index (χ1) is 8.09. The molecule has 0 bridgehead atoms. The van der Waals surface area contributed by atoms with Gasteiger partial charge in [-0.25, -0.2) is 0 Å². The Bertz CT molecular complexity index is 465. The van der Waals surface area contributed by atoms with Crippen molar-refractivity contribution < 1.29 is 14.4 Å². The van der Waals surface area contributed by atoms with Crippen LogP contribution >= 0.6 is 15.9 Å². The molecule has 0 radical (unpaired) electrons. The predicted octanol–water partition coefficient (Wildman–Crippen LogP) is 1.34. The molecule has 1 atom stereocenters. The van der Waals surface area contributed by atoms with Gasteiger partial charge in [0.15, 0.2) is 17.5 Å². The number of halogens is 1. The molecule has 1 unspecified atom stereocenters. The highest BCUT2D eigenvalue weighted by molar-refractivity contribution is 9.10. The zero-order chi connectivity index (χ0) is 12.4. The van der Waals surface area contributed by atoms with Gasteiger partial charge in [0, 0.05) is 23.0 Å². The fourth-order valence-electron chi connectivity index (χ4n) is 1.75. The van der Waals surface area contributed by atoms with Crippen molar-refractivity contribution in [2.24, 2.45) is 5.92 Å². The van der Waals surface area contributed by atoms with Gasteiger partial charge < -0.3 is 5.32 Å². The second-order valence-corrected chi connectivity index (χ2v) is 4.73. The third-order valence-electron chi connectivity index (χ3n) is 2.65. The monoisotopic (exact) mass is 295 g/mol. The van der Waals surface area contributed by atoms with E-state index in [1.807, 2.05) is 0 Å². The standard InChI is InChI=1S/C12H10BrNO3/c13-8-3-1-7(2-4-8)11(16)10-9(15)5-6-14-12(10)17/h1-4,10H,5-6H2,(H,14,17). The maximum Gasteiger partial charge on any atom is 0.238 e. The van der Waals surface area contributed by atoms with E-state index in [9.17, 15) is 14.4 Å². The second-order valence-electron chi connectivity index (χ2n) is 3.81. The van der Waals surface area contributed by atoms with Crippen molar-refractivity contribution in [2.75, 3.05) is 6.54 Å². The molecule has 0 spiro atoms. The van der Waals surface area contributed by atoms with Crippen LogP contribution in [-0.4, -0.2) is 24.0 Å². The van der Waals surface area contributed by atoms with Crippen molar-refractivity contribution in [3.8, 4) is 0 Å². The third-order valence-corrected chi connectivity index (χ3v) is 3.17. The Morgan fingerprint density at radius 2 is 1.88 bits per heavy atom. The minimum atomic E-state index is -1.18. The van der Waals surface area contributed by atoms with E-state index < -0.39 is 17.6 Å². The lowest BCUT2D eigenvalue weighted by atomic mass is 9.89. The summed E-state index contributed by atoms with van der Waals surface area (Å²) < 4.78 is 0.841. The summed E-state index contributed by atoms with van der Waals surface area (Å²) >= 11 is 3.26. The first-order valence-electron chi connectivity index (χ1n) is 5.20. The van der Waals surface area contributed by atoms with Gasteiger partial charge in [0.25, 0.3) is 0 Å². The molecule has 0 aliphatic carbocycles. The van der Waals surface area contributed by atoms with Gasteiger partial charge in [-0.3, -0.25) is 14.4 Å². The van der Waals surface area contributed by atoms with Gasteiger partial charge in [-0.1, -0.05) is 28.1 Å². The van der Waals surface area contributed by atoms with Crippen LogP contribution in [-0.2, 0) is 9.59 Å². The number of ketones is 2. The summed E-state index contributed by atoms with van der Waals surface area (Å²) in [6, 6.07) is 6.61. The van der Waals surface area contributed by atoms with E-state index in [-0.39, 0.29) is 12.2 Å². The fraction of sp³-hybridized carbons (Fsp3) is 0.250. The van der Waals surface area contributed by atoms with E-state index in [2.05, 4.69) is 21.2 Å². The lowest BCUT2D eigenvalue weighted by Gasteiger charge is -2.19. The Morgan fingerprint density at radius 3 is 2.47 bits per heavy atom. The first kappa shape index (κ1) is 12.0. The second kappa shape index (κ2) is 4.79. The van der Waals surface area contributed by atoms with Gasteiger partial charge in [0.05, 0.1) is 0 Å². The van der Waals surface area contributed by atoms with E-state index in [1.54, 1.807) is 24.3 Å². The van der Waals surface area contributed by atoms with Crippen LogP contribution in [0.1, 0.15) is 16.8 Å². The molecule has 2 rings (SSSR count). The maximum atomic E-state index is 12.0. The van der Waals surface area contributed by atoms with E-state index >= 15 is 0 Å². The number of rotatable bonds is 2. The SMILES string of the molecule is O=C1CCNC(=O)C1C(=O)c1ccc(Br)cc1. The average molecular weight is 296 g/mol. The predicted molar refractivity (Wildman–Crippen MR) is 64.6 cm³/mol. The number of carbonyl (C=O) groups excluding carboxylic acids is 3. The van der Waals surface area contributed by atoms with Crippen LogP contribution in [0, 0.1) is 5.92 Å². The van der Waals surface area contributed by atoms with E-state index in [4.69, 9.17) is 0 Å². The number of benzene rings is 1. The molecule has 0 aromatic heterocycles. The highest BCUT2D eigenvalue weighted by Gasteiger charge is 2.36. The zero-order valence-corrected chi connectivity index (χ0v) is 10.5. The van der Waals surface area contributed by atoms with Crippen LogP contribution in [0.4, 0.5) is 0 Å².